The van der Waals surface area contributed by atoms with Crippen LogP contribution in [0.25, 0.3) is 0 Å². The van der Waals surface area contributed by atoms with Gasteiger partial charge < -0.3 is 25.0 Å². The predicted molar refractivity (Wildman–Crippen MR) is 165 cm³/mol. The topological polar surface area (TPSA) is 157 Å². The average molecular weight is 711 g/mol. The molecule has 0 bridgehead atoms. The maximum absolute atomic E-state index is 14.2. The van der Waals surface area contributed by atoms with E-state index in [-0.39, 0.29) is 36.3 Å². The third-order valence-electron chi connectivity index (χ3n) is 9.26. The summed E-state index contributed by atoms with van der Waals surface area (Å²) in [6.07, 6.45) is 2.40. The summed E-state index contributed by atoms with van der Waals surface area (Å²) in [5.41, 5.74) is -2.15. The van der Waals surface area contributed by atoms with Crippen molar-refractivity contribution < 1.29 is 41.3 Å². The number of carbonyl (C=O) groups excluding carboxylic acids is 4. The van der Waals surface area contributed by atoms with Crippen LogP contribution in [0.5, 0.6) is 0 Å². The molecule has 5 rings (SSSR count). The number of fused-ring (bicyclic) bond motifs is 1. The molecule has 45 heavy (non-hydrogen) atoms. The Labute approximate surface area is 271 Å². The van der Waals surface area contributed by atoms with Gasteiger partial charge in [-0.3, -0.25) is 13.8 Å². The number of methoxy groups -OCH3 is 1. The number of hydrogen-bond donors (Lipinski definition) is 2. The van der Waals surface area contributed by atoms with Crippen molar-refractivity contribution in [3.63, 3.8) is 0 Å². The Morgan fingerprint density at radius 2 is 1.71 bits per heavy atom. The Hall–Kier alpha value is -2.97. The molecule has 12 nitrogen and oxygen atoms in total. The third kappa shape index (κ3) is 7.07. The molecule has 3 saturated carbocycles. The molecule has 8 atom stereocenters. The van der Waals surface area contributed by atoms with Crippen LogP contribution in [0, 0.1) is 23.2 Å². The Balaban J connectivity index is 1.37. The predicted octanol–water partition coefficient (Wildman–Crippen LogP) is 3.30. The summed E-state index contributed by atoms with van der Waals surface area (Å²) >= 11 is 3.27. The van der Waals surface area contributed by atoms with Crippen molar-refractivity contribution in [2.24, 2.45) is 23.2 Å². The van der Waals surface area contributed by atoms with Crippen molar-refractivity contribution in [1.29, 1.82) is 0 Å². The van der Waals surface area contributed by atoms with Gasteiger partial charge in [0.25, 0.3) is 10.1 Å². The Morgan fingerprint density at radius 3 is 2.27 bits per heavy atom. The number of ether oxygens (including phenoxy) is 2. The minimum atomic E-state index is -4.26. The highest BCUT2D eigenvalue weighted by Crippen LogP contribution is 2.52. The molecule has 1 aliphatic heterocycles. The fraction of sp³-hybridized carbons (Fsp3) is 0.613. The summed E-state index contributed by atoms with van der Waals surface area (Å²) in [5.74, 6) is -1.11. The van der Waals surface area contributed by atoms with Crippen molar-refractivity contribution in [3.05, 3.63) is 41.4 Å². The number of nitrogens with zero attached hydrogens (tertiary/aromatic N) is 1. The van der Waals surface area contributed by atoms with Crippen LogP contribution in [-0.2, 0) is 38.2 Å². The quantitative estimate of drug-likeness (QED) is 0.211. The van der Waals surface area contributed by atoms with Gasteiger partial charge in [0, 0.05) is 23.4 Å². The summed E-state index contributed by atoms with van der Waals surface area (Å²) in [7, 11) is -3.05. The lowest BCUT2D eigenvalue weighted by atomic mass is 9.85. The highest BCUT2D eigenvalue weighted by molar-refractivity contribution is 9.10. The van der Waals surface area contributed by atoms with Crippen molar-refractivity contribution in [2.75, 3.05) is 13.7 Å². The monoisotopic (exact) mass is 709 g/mol. The molecule has 0 spiro atoms. The van der Waals surface area contributed by atoms with E-state index in [2.05, 4.69) is 33.1 Å². The summed E-state index contributed by atoms with van der Waals surface area (Å²) < 4.78 is 43.1. The van der Waals surface area contributed by atoms with E-state index in [0.717, 1.165) is 19.3 Å². The molecule has 3 amide bonds. The lowest BCUT2D eigenvalue weighted by Gasteiger charge is -2.35. The van der Waals surface area contributed by atoms with E-state index in [9.17, 15) is 27.6 Å². The van der Waals surface area contributed by atoms with Crippen LogP contribution in [0.4, 0.5) is 4.79 Å². The second-order valence-electron chi connectivity index (χ2n) is 13.6. The minimum Gasteiger partial charge on any atom is -0.467 e. The van der Waals surface area contributed by atoms with Gasteiger partial charge in [-0.25, -0.2) is 9.59 Å². The van der Waals surface area contributed by atoms with Crippen LogP contribution in [0.2, 0.25) is 0 Å². The SMILES string of the molecule is C=C[C@@H]1CC1(NC(=O)[C@@H]1C[C@@H](OS(=O)(=O)c2ccc(Br)cc2)CN1C(=O)[C@@H](NC(=O)O[C@@H]1C[C@@H]2C[C@@H]2C1)C(C)(C)C)C(=O)OC. The second kappa shape index (κ2) is 12.3. The zero-order valence-electron chi connectivity index (χ0n) is 25.8. The molecular weight excluding hydrogens is 670 g/mol. The van der Waals surface area contributed by atoms with Crippen LogP contribution < -0.4 is 10.6 Å². The summed E-state index contributed by atoms with van der Waals surface area (Å²) in [5, 5.41) is 5.45. The number of alkyl carbamates (subject to hydrolysis) is 1. The van der Waals surface area contributed by atoms with Crippen molar-refractivity contribution in [3.8, 4) is 0 Å². The van der Waals surface area contributed by atoms with Crippen molar-refractivity contribution in [2.45, 2.75) is 87.6 Å². The van der Waals surface area contributed by atoms with Crippen LogP contribution in [0.15, 0.2) is 46.3 Å². The van der Waals surface area contributed by atoms with Crippen molar-refractivity contribution in [1.82, 2.24) is 15.5 Å². The van der Waals surface area contributed by atoms with Gasteiger partial charge in [-0.2, -0.15) is 8.42 Å². The van der Waals surface area contributed by atoms with Crippen molar-refractivity contribution >= 4 is 49.9 Å². The molecule has 1 aromatic carbocycles. The molecule has 14 heteroatoms. The van der Waals surface area contributed by atoms with Crippen LogP contribution >= 0.6 is 15.9 Å². The lowest BCUT2D eigenvalue weighted by molar-refractivity contribution is -0.148. The van der Waals surface area contributed by atoms with Gasteiger partial charge in [-0.15, -0.1) is 6.58 Å². The number of esters is 1. The zero-order chi connectivity index (χ0) is 32.9. The number of hydrogen-bond acceptors (Lipinski definition) is 9. The number of rotatable bonds is 10. The van der Waals surface area contributed by atoms with Gasteiger partial charge in [-0.1, -0.05) is 42.8 Å². The largest absolute Gasteiger partial charge is 0.467 e. The number of amides is 3. The zero-order valence-corrected chi connectivity index (χ0v) is 28.2. The summed E-state index contributed by atoms with van der Waals surface area (Å²) in [6, 6.07) is 3.55. The minimum absolute atomic E-state index is 0.0885. The molecule has 0 aromatic heterocycles. The first-order chi connectivity index (χ1) is 21.1. The number of likely N-dealkylation sites (tertiary alicyclic amines) is 1. The van der Waals surface area contributed by atoms with E-state index in [4.69, 9.17) is 13.7 Å². The van der Waals surface area contributed by atoms with Crippen LogP contribution in [-0.4, -0.2) is 80.7 Å². The first-order valence-corrected chi connectivity index (χ1v) is 17.3. The Kier molecular flexibility index (Phi) is 9.15. The molecule has 1 unspecified atom stereocenters. The Morgan fingerprint density at radius 1 is 1.07 bits per heavy atom. The van der Waals surface area contributed by atoms with E-state index in [0.29, 0.717) is 16.3 Å². The van der Waals surface area contributed by atoms with E-state index in [1.54, 1.807) is 39.0 Å². The Bertz CT molecular complexity index is 1470. The highest BCUT2D eigenvalue weighted by Gasteiger charge is 2.62. The molecular formula is C31H40BrN3O9S. The first kappa shape index (κ1) is 33.4. The number of halogens is 1. The lowest BCUT2D eigenvalue weighted by Crippen LogP contribution is -2.59. The van der Waals surface area contributed by atoms with E-state index in [1.165, 1.54) is 24.1 Å². The van der Waals surface area contributed by atoms with Gasteiger partial charge >= 0.3 is 12.1 Å². The fourth-order valence-electron chi connectivity index (χ4n) is 6.56. The molecule has 4 aliphatic rings. The summed E-state index contributed by atoms with van der Waals surface area (Å²) in [4.78, 5) is 54.8. The van der Waals surface area contributed by atoms with E-state index in [1.807, 2.05) is 0 Å². The normalized spacial score (nSPS) is 30.9. The second-order valence-corrected chi connectivity index (χ2v) is 16.1. The van der Waals surface area contributed by atoms with Gasteiger partial charge in [-0.05, 0) is 67.2 Å². The fourth-order valence-corrected chi connectivity index (χ4v) is 7.90. The molecule has 1 aromatic rings. The number of nitrogens with one attached hydrogen (secondary N) is 2. The van der Waals surface area contributed by atoms with Gasteiger partial charge in [0.2, 0.25) is 11.8 Å². The first-order valence-electron chi connectivity index (χ1n) is 15.1. The maximum atomic E-state index is 14.2. The molecule has 2 N–H and O–H groups in total. The standard InChI is InChI=1S/C31H40BrN3O9S/c1-6-19-15-31(19,28(38)42-5)34-26(36)24-14-22(44-45(40,41)23-9-7-20(32)8-10-23)16-35(24)27(37)25(30(2,3)4)33-29(39)43-21-12-17-11-18(17)13-21/h6-10,17-19,21-22,24-25H,1,11-16H2,2-5H3,(H,33,39)(H,34,36)/t17-,18+,19-,21+,22-,24+,25-,31?/m1/s1. The molecule has 1 heterocycles. The number of carbonyl (C=O) groups is 4. The van der Waals surface area contributed by atoms with E-state index >= 15 is 0 Å². The molecule has 246 valence electrons. The maximum Gasteiger partial charge on any atom is 0.408 e. The van der Waals surface area contributed by atoms with Crippen LogP contribution in [0.1, 0.15) is 52.9 Å². The highest BCUT2D eigenvalue weighted by atomic mass is 79.9. The van der Waals surface area contributed by atoms with E-state index < -0.39 is 63.1 Å². The van der Waals surface area contributed by atoms with Gasteiger partial charge in [0.1, 0.15) is 23.7 Å². The summed E-state index contributed by atoms with van der Waals surface area (Å²) in [6.45, 7) is 8.77. The van der Waals surface area contributed by atoms with Gasteiger partial charge in [0.15, 0.2) is 0 Å². The van der Waals surface area contributed by atoms with Crippen LogP contribution in [0.3, 0.4) is 0 Å². The average Bonchev–Trinajstić information content (AvgIpc) is 3.78. The third-order valence-corrected chi connectivity index (χ3v) is 11.2. The number of benzene rings is 1. The molecule has 3 aliphatic carbocycles. The molecule has 4 fully saturated rings. The molecule has 1 saturated heterocycles. The van der Waals surface area contributed by atoms with Gasteiger partial charge in [0.05, 0.1) is 18.1 Å². The molecule has 0 radical (unpaired) electrons. The smallest absolute Gasteiger partial charge is 0.408 e.